The van der Waals surface area contributed by atoms with Crippen molar-refractivity contribution in [1.82, 2.24) is 9.97 Å². The van der Waals surface area contributed by atoms with E-state index in [1.807, 2.05) is 0 Å². The number of nitrogens with one attached hydrogen (secondary N) is 1. The molecule has 0 aliphatic heterocycles. The summed E-state index contributed by atoms with van der Waals surface area (Å²) in [5, 5.41) is 0. The molecule has 234 valence electrons. The first kappa shape index (κ1) is 35.3. The standard InChI is InChI=1S/C14HF23N2O/c15-3-1(38-4(39-3)2(40)6(18,19)13(32,33)34)5(16,17)7(20,21)8(22,23)9(24,25)10(26,27)11(28,29)12(30,31)14(35,36)37/h(H,38,39). The number of nitrogens with zero attached hydrogens (tertiary/aromatic N) is 1. The number of halogens is 23. The molecule has 0 aromatic carbocycles. The van der Waals surface area contributed by atoms with Gasteiger partial charge in [-0.3, -0.25) is 4.79 Å². The number of aromatic nitrogens is 2. The van der Waals surface area contributed by atoms with Crippen LogP contribution in [0, 0.1) is 5.95 Å². The van der Waals surface area contributed by atoms with Crippen molar-refractivity contribution in [1.29, 1.82) is 0 Å². The molecule has 0 radical (unpaired) electrons. The van der Waals surface area contributed by atoms with Crippen LogP contribution in [-0.2, 0) is 5.92 Å². The van der Waals surface area contributed by atoms with E-state index in [-0.39, 0.29) is 4.98 Å². The first-order valence-corrected chi connectivity index (χ1v) is 8.50. The number of hydrogen-bond donors (Lipinski definition) is 1. The molecule has 26 heteroatoms. The molecular formula is C14HF23N2O. The summed E-state index contributed by atoms with van der Waals surface area (Å²) in [5.74, 6) is -78.1. The number of alkyl halides is 22. The minimum Gasteiger partial charge on any atom is -0.331 e. The van der Waals surface area contributed by atoms with Gasteiger partial charge in [0.05, 0.1) is 0 Å². The highest BCUT2D eigenvalue weighted by Gasteiger charge is 2.95. The fourth-order valence-corrected chi connectivity index (χ4v) is 2.27. The Morgan fingerprint density at radius 2 is 0.825 bits per heavy atom. The lowest BCUT2D eigenvalue weighted by Crippen LogP contribution is -2.74. The van der Waals surface area contributed by atoms with Gasteiger partial charge in [0, 0.05) is 0 Å². The monoisotopic (exact) mass is 650 g/mol. The number of H-pyrrole nitrogens is 1. The lowest BCUT2D eigenvalue weighted by molar-refractivity contribution is -0.463. The summed E-state index contributed by atoms with van der Waals surface area (Å²) in [4.78, 5) is 12.3. The molecular weight excluding hydrogens is 649 g/mol. The number of rotatable bonds is 9. The molecule has 40 heavy (non-hydrogen) atoms. The van der Waals surface area contributed by atoms with E-state index in [0.717, 1.165) is 0 Å². The summed E-state index contributed by atoms with van der Waals surface area (Å²) in [6, 6.07) is 0. The fourth-order valence-electron chi connectivity index (χ4n) is 2.27. The number of hydrogen-bond acceptors (Lipinski definition) is 2. The van der Waals surface area contributed by atoms with Gasteiger partial charge in [0.25, 0.3) is 5.78 Å². The van der Waals surface area contributed by atoms with Crippen molar-refractivity contribution in [3.8, 4) is 0 Å². The first-order valence-electron chi connectivity index (χ1n) is 8.50. The molecule has 0 spiro atoms. The third-order valence-electron chi connectivity index (χ3n) is 4.55. The Morgan fingerprint density at radius 3 is 1.15 bits per heavy atom. The Kier molecular flexibility index (Phi) is 7.84. The molecule has 0 aliphatic rings. The average molecular weight is 650 g/mol. The fraction of sp³-hybridized carbons (Fsp3) is 0.714. The topological polar surface area (TPSA) is 45.8 Å². The summed E-state index contributed by atoms with van der Waals surface area (Å²) in [6.45, 7) is 0. The Morgan fingerprint density at radius 1 is 0.500 bits per heavy atom. The number of carbonyl (C=O) groups is 1. The van der Waals surface area contributed by atoms with Crippen molar-refractivity contribution in [2.45, 2.75) is 59.7 Å². The van der Waals surface area contributed by atoms with Crippen LogP contribution >= 0.6 is 0 Å². The maximum absolute atomic E-state index is 14.0. The van der Waals surface area contributed by atoms with Crippen LogP contribution in [0.15, 0.2) is 0 Å². The van der Waals surface area contributed by atoms with Crippen LogP contribution in [0.25, 0.3) is 0 Å². The van der Waals surface area contributed by atoms with Gasteiger partial charge in [-0.25, -0.2) is 0 Å². The van der Waals surface area contributed by atoms with E-state index in [0.29, 0.717) is 0 Å². The minimum atomic E-state index is -9.08. The molecule has 3 nitrogen and oxygen atoms in total. The Bertz CT molecular complexity index is 1120. The summed E-state index contributed by atoms with van der Waals surface area (Å²) < 4.78 is 300. The van der Waals surface area contributed by atoms with E-state index in [1.165, 1.54) is 4.98 Å². The Hall–Kier alpha value is -2.73. The van der Waals surface area contributed by atoms with E-state index >= 15 is 0 Å². The summed E-state index contributed by atoms with van der Waals surface area (Å²) >= 11 is 0. The van der Waals surface area contributed by atoms with E-state index in [9.17, 15) is 106 Å². The van der Waals surface area contributed by atoms with Crippen LogP contribution in [0.2, 0.25) is 0 Å². The van der Waals surface area contributed by atoms with Crippen molar-refractivity contribution in [3.63, 3.8) is 0 Å². The second kappa shape index (κ2) is 8.88. The molecule has 1 rings (SSSR count). The average Bonchev–Trinajstić information content (AvgIpc) is 3.12. The highest BCUT2D eigenvalue weighted by atomic mass is 19.4. The summed E-state index contributed by atoms with van der Waals surface area (Å²) in [6.07, 6.45) is -15.0. The highest BCUT2D eigenvalue weighted by molar-refractivity contribution is 5.99. The minimum absolute atomic E-state index is 0.186. The Balaban J connectivity index is 3.80. The van der Waals surface area contributed by atoms with Crippen molar-refractivity contribution < 1.29 is 106 Å². The Labute approximate surface area is 200 Å². The van der Waals surface area contributed by atoms with Gasteiger partial charge in [-0.1, -0.05) is 0 Å². The van der Waals surface area contributed by atoms with E-state index in [1.54, 1.807) is 0 Å². The maximum Gasteiger partial charge on any atom is 0.461 e. The number of Topliss-reactive ketones (excluding diaryl/α,β-unsaturated/α-hetero) is 1. The molecule has 0 unspecified atom stereocenters. The molecule has 1 aromatic rings. The van der Waals surface area contributed by atoms with Gasteiger partial charge in [-0.15, -0.1) is 0 Å². The van der Waals surface area contributed by atoms with Gasteiger partial charge in [0.1, 0.15) is 5.69 Å². The quantitative estimate of drug-likeness (QED) is 0.224. The third-order valence-corrected chi connectivity index (χ3v) is 4.55. The normalized spacial score (nSPS) is 16.0. The highest BCUT2D eigenvalue weighted by Crippen LogP contribution is 2.65. The van der Waals surface area contributed by atoms with Gasteiger partial charge < -0.3 is 4.98 Å². The van der Waals surface area contributed by atoms with Crippen LogP contribution in [0.5, 0.6) is 0 Å². The molecule has 0 saturated heterocycles. The van der Waals surface area contributed by atoms with Crippen molar-refractivity contribution in [2.24, 2.45) is 0 Å². The van der Waals surface area contributed by atoms with Gasteiger partial charge in [0.15, 0.2) is 5.82 Å². The van der Waals surface area contributed by atoms with Crippen LogP contribution in [0.1, 0.15) is 16.3 Å². The molecule has 1 aromatic heterocycles. The van der Waals surface area contributed by atoms with Crippen molar-refractivity contribution in [3.05, 3.63) is 17.5 Å². The lowest BCUT2D eigenvalue weighted by atomic mass is 9.88. The zero-order valence-corrected chi connectivity index (χ0v) is 17.0. The van der Waals surface area contributed by atoms with Crippen molar-refractivity contribution in [2.75, 3.05) is 0 Å². The zero-order chi connectivity index (χ0) is 32.7. The molecule has 0 amide bonds. The SMILES string of the molecule is O=C(c1nc(F)c(C(F)(F)C(F)(F)C(F)(F)C(F)(F)C(F)(F)C(F)(F)C(F)(F)C(F)(F)F)[nH]1)C(F)(F)C(F)(F)F. The molecule has 0 bridgehead atoms. The van der Waals surface area contributed by atoms with E-state index < -0.39 is 83.0 Å². The van der Waals surface area contributed by atoms with Gasteiger partial charge in [-0.2, -0.15) is 106 Å². The molecule has 0 saturated carbocycles. The van der Waals surface area contributed by atoms with Crippen LogP contribution < -0.4 is 0 Å². The zero-order valence-electron chi connectivity index (χ0n) is 17.0. The predicted octanol–water partition coefficient (Wildman–Crippen LogP) is 7.40. The molecule has 0 fully saturated rings. The molecule has 1 N–H and O–H groups in total. The van der Waals surface area contributed by atoms with Crippen LogP contribution in [0.4, 0.5) is 101 Å². The maximum atomic E-state index is 14.0. The third kappa shape index (κ3) is 4.38. The lowest BCUT2D eigenvalue weighted by Gasteiger charge is -2.42. The summed E-state index contributed by atoms with van der Waals surface area (Å²) in [7, 11) is 0. The molecule has 0 aliphatic carbocycles. The molecule has 1 heterocycles. The van der Waals surface area contributed by atoms with Crippen molar-refractivity contribution >= 4 is 5.78 Å². The predicted molar refractivity (Wildman–Crippen MR) is 73.5 cm³/mol. The number of imidazole rings is 1. The van der Waals surface area contributed by atoms with Crippen LogP contribution in [0.3, 0.4) is 0 Å². The second-order valence-corrected chi connectivity index (χ2v) is 7.17. The molecule has 0 atom stereocenters. The van der Waals surface area contributed by atoms with E-state index in [4.69, 9.17) is 0 Å². The first-order chi connectivity index (χ1) is 17.0. The second-order valence-electron chi connectivity index (χ2n) is 7.17. The number of carbonyl (C=O) groups excluding carboxylic acids is 1. The largest absolute Gasteiger partial charge is 0.461 e. The number of ketones is 1. The van der Waals surface area contributed by atoms with Crippen LogP contribution in [-0.4, -0.2) is 69.6 Å². The summed E-state index contributed by atoms with van der Waals surface area (Å²) in [5.41, 5.74) is -3.95. The van der Waals surface area contributed by atoms with Gasteiger partial charge in [0.2, 0.25) is 5.95 Å². The van der Waals surface area contributed by atoms with Gasteiger partial charge in [-0.05, 0) is 0 Å². The smallest absolute Gasteiger partial charge is 0.331 e. The van der Waals surface area contributed by atoms with Gasteiger partial charge >= 0.3 is 59.7 Å². The van der Waals surface area contributed by atoms with E-state index in [2.05, 4.69) is 0 Å². The number of aromatic amines is 1.